The lowest BCUT2D eigenvalue weighted by Gasteiger charge is -2.15. The van der Waals surface area contributed by atoms with E-state index in [0.29, 0.717) is 0 Å². The van der Waals surface area contributed by atoms with Crippen molar-refractivity contribution in [2.45, 2.75) is 33.3 Å². The SMILES string of the molecule is C#C[C@@](C)(O)/C=C/c1c(C)cc(OC)c(C)c1C. The molecule has 0 saturated carbocycles. The number of ether oxygens (including phenoxy) is 1. The lowest BCUT2D eigenvalue weighted by molar-refractivity contribution is 0.175. The van der Waals surface area contributed by atoms with Crippen LogP contribution in [0.1, 0.15) is 29.2 Å². The predicted octanol–water partition coefficient (Wildman–Crippen LogP) is 3.02. The third-order valence-electron chi connectivity index (χ3n) is 3.20. The molecule has 0 aliphatic heterocycles. The van der Waals surface area contributed by atoms with E-state index < -0.39 is 5.60 Å². The highest BCUT2D eigenvalue weighted by Gasteiger charge is 2.13. The van der Waals surface area contributed by atoms with Gasteiger partial charge in [0.15, 0.2) is 0 Å². The van der Waals surface area contributed by atoms with Crippen LogP contribution in [-0.4, -0.2) is 17.8 Å². The molecule has 0 amide bonds. The monoisotopic (exact) mass is 244 g/mol. The molecule has 1 aromatic rings. The van der Waals surface area contributed by atoms with Crippen LogP contribution >= 0.6 is 0 Å². The molecule has 0 unspecified atom stereocenters. The molecule has 0 spiro atoms. The van der Waals surface area contributed by atoms with Crippen molar-refractivity contribution in [3.63, 3.8) is 0 Å². The number of rotatable bonds is 3. The fourth-order valence-electron chi connectivity index (χ4n) is 1.83. The van der Waals surface area contributed by atoms with E-state index >= 15 is 0 Å². The minimum absolute atomic E-state index is 0.880. The number of hydrogen-bond acceptors (Lipinski definition) is 2. The van der Waals surface area contributed by atoms with Gasteiger partial charge in [0.25, 0.3) is 0 Å². The van der Waals surface area contributed by atoms with Gasteiger partial charge in [-0.1, -0.05) is 12.0 Å². The Morgan fingerprint density at radius 3 is 2.44 bits per heavy atom. The molecule has 0 fully saturated rings. The molecule has 1 rings (SSSR count). The quantitative estimate of drug-likeness (QED) is 0.828. The highest BCUT2D eigenvalue weighted by atomic mass is 16.5. The maximum absolute atomic E-state index is 9.79. The van der Waals surface area contributed by atoms with Crippen LogP contribution in [0.2, 0.25) is 0 Å². The average molecular weight is 244 g/mol. The Kier molecular flexibility index (Phi) is 4.21. The van der Waals surface area contributed by atoms with Crippen LogP contribution in [0.5, 0.6) is 5.75 Å². The third-order valence-corrected chi connectivity index (χ3v) is 3.20. The molecule has 0 aromatic heterocycles. The van der Waals surface area contributed by atoms with Gasteiger partial charge in [-0.15, -0.1) is 6.42 Å². The zero-order chi connectivity index (χ0) is 13.9. The Bertz CT molecular complexity index is 517. The average Bonchev–Trinajstić information content (AvgIpc) is 2.33. The molecular formula is C16H20O2. The van der Waals surface area contributed by atoms with Gasteiger partial charge in [-0.25, -0.2) is 0 Å². The Morgan fingerprint density at radius 2 is 1.94 bits per heavy atom. The van der Waals surface area contributed by atoms with Crippen molar-refractivity contribution in [1.82, 2.24) is 0 Å². The molecule has 0 radical (unpaired) electrons. The lowest BCUT2D eigenvalue weighted by atomic mass is 9.95. The smallest absolute Gasteiger partial charge is 0.141 e. The van der Waals surface area contributed by atoms with E-state index in [1.807, 2.05) is 32.9 Å². The van der Waals surface area contributed by atoms with E-state index in [2.05, 4.69) is 5.92 Å². The van der Waals surface area contributed by atoms with Gasteiger partial charge in [-0.05, 0) is 62.1 Å². The van der Waals surface area contributed by atoms with Crippen LogP contribution in [0, 0.1) is 33.1 Å². The number of aryl methyl sites for hydroxylation is 1. The Labute approximate surface area is 109 Å². The van der Waals surface area contributed by atoms with Crippen LogP contribution in [0.4, 0.5) is 0 Å². The fourth-order valence-corrected chi connectivity index (χ4v) is 1.83. The number of methoxy groups -OCH3 is 1. The zero-order valence-electron chi connectivity index (χ0n) is 11.7. The highest BCUT2D eigenvalue weighted by Crippen LogP contribution is 2.28. The minimum atomic E-state index is -1.22. The van der Waals surface area contributed by atoms with Crippen LogP contribution < -0.4 is 4.74 Å². The Morgan fingerprint density at radius 1 is 1.33 bits per heavy atom. The zero-order valence-corrected chi connectivity index (χ0v) is 11.7. The molecule has 2 heteroatoms. The largest absolute Gasteiger partial charge is 0.496 e. The second kappa shape index (κ2) is 5.29. The first-order chi connectivity index (χ1) is 8.32. The second-order valence-electron chi connectivity index (χ2n) is 4.68. The van der Waals surface area contributed by atoms with Crippen LogP contribution in [0.25, 0.3) is 6.08 Å². The van der Waals surface area contributed by atoms with E-state index in [1.165, 1.54) is 0 Å². The van der Waals surface area contributed by atoms with Crippen molar-refractivity contribution in [3.05, 3.63) is 34.4 Å². The number of benzene rings is 1. The summed E-state index contributed by atoms with van der Waals surface area (Å²) in [5.41, 5.74) is 3.19. The Hall–Kier alpha value is -1.72. The fraction of sp³-hybridized carbons (Fsp3) is 0.375. The molecule has 2 nitrogen and oxygen atoms in total. The van der Waals surface area contributed by atoms with Gasteiger partial charge in [0.2, 0.25) is 0 Å². The van der Waals surface area contributed by atoms with Gasteiger partial charge in [-0.3, -0.25) is 0 Å². The Balaban J connectivity index is 3.28. The summed E-state index contributed by atoms with van der Waals surface area (Å²) in [5.74, 6) is 3.21. The van der Waals surface area contributed by atoms with Gasteiger partial charge in [0.1, 0.15) is 11.4 Å². The molecule has 0 saturated heterocycles. The molecule has 18 heavy (non-hydrogen) atoms. The summed E-state index contributed by atoms with van der Waals surface area (Å²) < 4.78 is 5.32. The predicted molar refractivity (Wildman–Crippen MR) is 75.7 cm³/mol. The number of aliphatic hydroxyl groups is 1. The van der Waals surface area contributed by atoms with E-state index in [4.69, 9.17) is 11.2 Å². The number of hydrogen-bond donors (Lipinski definition) is 1. The molecule has 0 bridgehead atoms. The normalized spacial score (nSPS) is 14.3. The first kappa shape index (κ1) is 14.3. The van der Waals surface area contributed by atoms with Crippen LogP contribution in [-0.2, 0) is 0 Å². The summed E-state index contributed by atoms with van der Waals surface area (Å²) in [6.45, 7) is 7.66. The van der Waals surface area contributed by atoms with Crippen molar-refractivity contribution in [3.8, 4) is 18.1 Å². The lowest BCUT2D eigenvalue weighted by Crippen LogP contribution is -2.16. The summed E-state index contributed by atoms with van der Waals surface area (Å²) in [6, 6.07) is 1.99. The minimum Gasteiger partial charge on any atom is -0.496 e. The van der Waals surface area contributed by atoms with Crippen molar-refractivity contribution < 1.29 is 9.84 Å². The van der Waals surface area contributed by atoms with E-state index in [1.54, 1.807) is 20.1 Å². The van der Waals surface area contributed by atoms with Crippen LogP contribution in [0.15, 0.2) is 12.1 Å². The maximum Gasteiger partial charge on any atom is 0.141 e. The molecule has 96 valence electrons. The van der Waals surface area contributed by atoms with Gasteiger partial charge in [0, 0.05) is 0 Å². The molecule has 1 atom stereocenters. The van der Waals surface area contributed by atoms with Gasteiger partial charge < -0.3 is 9.84 Å². The van der Waals surface area contributed by atoms with Crippen LogP contribution in [0.3, 0.4) is 0 Å². The summed E-state index contributed by atoms with van der Waals surface area (Å²) in [6.07, 6.45) is 8.76. The van der Waals surface area contributed by atoms with Crippen molar-refractivity contribution >= 4 is 6.08 Å². The summed E-state index contributed by atoms with van der Waals surface area (Å²) >= 11 is 0. The summed E-state index contributed by atoms with van der Waals surface area (Å²) in [5, 5.41) is 9.79. The first-order valence-corrected chi connectivity index (χ1v) is 5.86. The summed E-state index contributed by atoms with van der Waals surface area (Å²) in [7, 11) is 1.67. The summed E-state index contributed by atoms with van der Waals surface area (Å²) in [4.78, 5) is 0. The van der Waals surface area contributed by atoms with Crippen molar-refractivity contribution in [2.75, 3.05) is 7.11 Å². The standard InChI is InChI=1S/C16H20O2/c1-7-16(5,17)9-8-14-11(2)10-15(18-6)13(4)12(14)3/h1,8-10,17H,2-6H3/b9-8+/t16-/m1/s1. The van der Waals surface area contributed by atoms with Gasteiger partial charge >= 0.3 is 0 Å². The number of terminal acetylenes is 1. The molecule has 0 aliphatic carbocycles. The second-order valence-corrected chi connectivity index (χ2v) is 4.68. The molecular weight excluding hydrogens is 224 g/mol. The maximum atomic E-state index is 9.79. The topological polar surface area (TPSA) is 29.5 Å². The van der Waals surface area contributed by atoms with Gasteiger partial charge in [0.05, 0.1) is 7.11 Å². The molecule has 0 aliphatic rings. The van der Waals surface area contributed by atoms with E-state index in [9.17, 15) is 5.11 Å². The van der Waals surface area contributed by atoms with E-state index in [0.717, 1.165) is 28.0 Å². The molecule has 1 N–H and O–H groups in total. The van der Waals surface area contributed by atoms with Crippen molar-refractivity contribution in [1.29, 1.82) is 0 Å². The third kappa shape index (κ3) is 2.94. The highest BCUT2D eigenvalue weighted by molar-refractivity contribution is 5.63. The van der Waals surface area contributed by atoms with E-state index in [-0.39, 0.29) is 0 Å². The van der Waals surface area contributed by atoms with Gasteiger partial charge in [-0.2, -0.15) is 0 Å². The van der Waals surface area contributed by atoms with Crippen molar-refractivity contribution in [2.24, 2.45) is 0 Å². The molecule has 1 aromatic carbocycles. The molecule has 0 heterocycles. The first-order valence-electron chi connectivity index (χ1n) is 5.86.